The molecule has 4 nitrogen and oxygen atoms in total. The largest absolute Gasteiger partial charge is 0.497 e. The number of carbonyl (C=O) groups is 1. The van der Waals surface area contributed by atoms with Crippen LogP contribution in [0.5, 0.6) is 11.5 Å². The van der Waals surface area contributed by atoms with E-state index in [1.54, 1.807) is 14.2 Å². The fraction of sp³-hybridized carbons (Fsp3) is 0.381. The van der Waals surface area contributed by atoms with E-state index >= 15 is 0 Å². The van der Waals surface area contributed by atoms with E-state index in [1.807, 2.05) is 53.4 Å². The molecule has 0 atom stereocenters. The molecule has 0 spiro atoms. The first-order valence-electron chi connectivity index (χ1n) is 8.75. The summed E-state index contributed by atoms with van der Waals surface area (Å²) in [4.78, 5) is 14.7. The van der Waals surface area contributed by atoms with Crippen LogP contribution in [-0.4, -0.2) is 26.7 Å². The molecule has 1 amide bonds. The molecule has 2 rings (SSSR count). The van der Waals surface area contributed by atoms with Crippen molar-refractivity contribution in [2.24, 2.45) is 0 Å². The molecule has 0 aromatic heterocycles. The Kier molecular flexibility index (Phi) is 7.33. The van der Waals surface area contributed by atoms with E-state index in [4.69, 9.17) is 9.47 Å². The molecular weight excluding hydrogens is 314 g/mol. The highest BCUT2D eigenvalue weighted by atomic mass is 16.5. The third kappa shape index (κ3) is 5.52. The SMILES string of the molecule is CCCCN(C(=O)CCc1cc(OC)cc(OC)c1)c1ccccc1. The minimum atomic E-state index is 0.140. The second-order valence-electron chi connectivity index (χ2n) is 5.96. The molecule has 0 saturated carbocycles. The zero-order chi connectivity index (χ0) is 18.1. The van der Waals surface area contributed by atoms with Crippen molar-refractivity contribution in [1.29, 1.82) is 0 Å². The zero-order valence-electron chi connectivity index (χ0n) is 15.3. The lowest BCUT2D eigenvalue weighted by molar-refractivity contribution is -0.118. The number of anilines is 1. The summed E-state index contributed by atoms with van der Waals surface area (Å²) < 4.78 is 10.6. The van der Waals surface area contributed by atoms with Gasteiger partial charge in [-0.15, -0.1) is 0 Å². The molecule has 0 aliphatic heterocycles. The molecule has 0 N–H and O–H groups in total. The van der Waals surface area contributed by atoms with Gasteiger partial charge in [0.2, 0.25) is 5.91 Å². The monoisotopic (exact) mass is 341 g/mol. The quantitative estimate of drug-likeness (QED) is 0.675. The standard InChI is InChI=1S/C21H27NO3/c1-4-5-13-22(18-9-7-6-8-10-18)21(23)12-11-17-14-19(24-2)16-20(15-17)25-3/h6-10,14-16H,4-5,11-13H2,1-3H3. The molecular formula is C21H27NO3. The Labute approximate surface area is 150 Å². The van der Waals surface area contributed by atoms with Crippen molar-refractivity contribution in [2.75, 3.05) is 25.7 Å². The van der Waals surface area contributed by atoms with E-state index < -0.39 is 0 Å². The van der Waals surface area contributed by atoms with E-state index in [1.165, 1.54) is 0 Å². The Bertz CT molecular complexity index is 648. The van der Waals surface area contributed by atoms with Crippen molar-refractivity contribution in [1.82, 2.24) is 0 Å². The third-order valence-electron chi connectivity index (χ3n) is 4.14. The summed E-state index contributed by atoms with van der Waals surface area (Å²) in [6.07, 6.45) is 3.16. The van der Waals surface area contributed by atoms with Gasteiger partial charge in [0.05, 0.1) is 14.2 Å². The highest BCUT2D eigenvalue weighted by Gasteiger charge is 2.15. The van der Waals surface area contributed by atoms with Gasteiger partial charge < -0.3 is 14.4 Å². The van der Waals surface area contributed by atoms with Crippen LogP contribution in [0.25, 0.3) is 0 Å². The third-order valence-corrected chi connectivity index (χ3v) is 4.14. The van der Waals surface area contributed by atoms with Crippen LogP contribution >= 0.6 is 0 Å². The van der Waals surface area contributed by atoms with Crippen LogP contribution in [0, 0.1) is 0 Å². The van der Waals surface area contributed by atoms with Gasteiger partial charge in [-0.1, -0.05) is 31.5 Å². The predicted molar refractivity (Wildman–Crippen MR) is 102 cm³/mol. The number of unbranched alkanes of at least 4 members (excludes halogenated alkanes) is 1. The minimum Gasteiger partial charge on any atom is -0.497 e. The summed E-state index contributed by atoms with van der Waals surface area (Å²) in [7, 11) is 3.26. The number of rotatable bonds is 9. The average Bonchev–Trinajstić information content (AvgIpc) is 2.67. The molecule has 0 unspecified atom stereocenters. The fourth-order valence-corrected chi connectivity index (χ4v) is 2.72. The van der Waals surface area contributed by atoms with Crippen molar-refractivity contribution < 1.29 is 14.3 Å². The lowest BCUT2D eigenvalue weighted by Crippen LogP contribution is -2.32. The minimum absolute atomic E-state index is 0.140. The number of para-hydroxylation sites is 1. The summed E-state index contributed by atoms with van der Waals surface area (Å²) in [6.45, 7) is 2.89. The summed E-state index contributed by atoms with van der Waals surface area (Å²) in [5, 5.41) is 0. The number of hydrogen-bond acceptors (Lipinski definition) is 3. The van der Waals surface area contributed by atoms with Gasteiger partial charge in [-0.05, 0) is 42.7 Å². The molecule has 0 radical (unpaired) electrons. The molecule has 2 aromatic carbocycles. The molecule has 0 bridgehead atoms. The summed E-state index contributed by atoms with van der Waals surface area (Å²) in [5.41, 5.74) is 2.00. The molecule has 4 heteroatoms. The van der Waals surface area contributed by atoms with Crippen LogP contribution in [-0.2, 0) is 11.2 Å². The molecule has 0 saturated heterocycles. The van der Waals surface area contributed by atoms with Crippen molar-refractivity contribution in [3.8, 4) is 11.5 Å². The summed E-state index contributed by atoms with van der Waals surface area (Å²) >= 11 is 0. The molecule has 0 aliphatic carbocycles. The van der Waals surface area contributed by atoms with Gasteiger partial charge in [0, 0.05) is 24.7 Å². The molecule has 0 aliphatic rings. The number of benzene rings is 2. The Morgan fingerprint density at radius 1 is 1.00 bits per heavy atom. The number of ether oxygens (including phenoxy) is 2. The van der Waals surface area contributed by atoms with Crippen LogP contribution in [0.2, 0.25) is 0 Å². The highest BCUT2D eigenvalue weighted by Crippen LogP contribution is 2.24. The Morgan fingerprint density at radius 3 is 2.20 bits per heavy atom. The van der Waals surface area contributed by atoms with Gasteiger partial charge in [-0.2, -0.15) is 0 Å². The summed E-state index contributed by atoms with van der Waals surface area (Å²) in [5.74, 6) is 1.63. The first kappa shape index (κ1) is 18.8. The van der Waals surface area contributed by atoms with Crippen LogP contribution in [0.4, 0.5) is 5.69 Å². The second kappa shape index (κ2) is 9.72. The van der Waals surface area contributed by atoms with Gasteiger partial charge in [-0.3, -0.25) is 4.79 Å². The average molecular weight is 341 g/mol. The normalized spacial score (nSPS) is 10.4. The van der Waals surface area contributed by atoms with Gasteiger partial charge in [0.15, 0.2) is 0 Å². The lowest BCUT2D eigenvalue weighted by Gasteiger charge is -2.23. The number of methoxy groups -OCH3 is 2. The number of aryl methyl sites for hydroxylation is 1. The zero-order valence-corrected chi connectivity index (χ0v) is 15.3. The van der Waals surface area contributed by atoms with E-state index in [0.717, 1.165) is 42.1 Å². The number of nitrogens with zero attached hydrogens (tertiary/aromatic N) is 1. The topological polar surface area (TPSA) is 38.8 Å². The van der Waals surface area contributed by atoms with E-state index in [9.17, 15) is 4.79 Å². The number of hydrogen-bond donors (Lipinski definition) is 0. The van der Waals surface area contributed by atoms with Crippen molar-refractivity contribution >= 4 is 11.6 Å². The smallest absolute Gasteiger partial charge is 0.227 e. The van der Waals surface area contributed by atoms with Crippen LogP contribution < -0.4 is 14.4 Å². The number of carbonyl (C=O) groups excluding carboxylic acids is 1. The Balaban J connectivity index is 2.08. The molecule has 0 fully saturated rings. The molecule has 2 aromatic rings. The maximum atomic E-state index is 12.8. The lowest BCUT2D eigenvalue weighted by atomic mass is 10.1. The van der Waals surface area contributed by atoms with Crippen LogP contribution in [0.3, 0.4) is 0 Å². The second-order valence-corrected chi connectivity index (χ2v) is 5.96. The summed E-state index contributed by atoms with van der Waals surface area (Å²) in [6, 6.07) is 15.6. The number of amides is 1. The Hall–Kier alpha value is -2.49. The molecule has 134 valence electrons. The van der Waals surface area contributed by atoms with Crippen LogP contribution in [0.1, 0.15) is 31.7 Å². The molecule has 0 heterocycles. The van der Waals surface area contributed by atoms with Gasteiger partial charge in [0.25, 0.3) is 0 Å². The first-order chi connectivity index (χ1) is 12.2. The van der Waals surface area contributed by atoms with Crippen LogP contribution in [0.15, 0.2) is 48.5 Å². The van der Waals surface area contributed by atoms with Gasteiger partial charge in [0.1, 0.15) is 11.5 Å². The van der Waals surface area contributed by atoms with Gasteiger partial charge >= 0.3 is 0 Å². The fourth-order valence-electron chi connectivity index (χ4n) is 2.72. The Morgan fingerprint density at radius 2 is 1.64 bits per heavy atom. The van der Waals surface area contributed by atoms with Crippen molar-refractivity contribution in [3.63, 3.8) is 0 Å². The molecule has 25 heavy (non-hydrogen) atoms. The van der Waals surface area contributed by atoms with E-state index in [0.29, 0.717) is 12.8 Å². The maximum absolute atomic E-state index is 12.8. The van der Waals surface area contributed by atoms with E-state index in [-0.39, 0.29) is 5.91 Å². The first-order valence-corrected chi connectivity index (χ1v) is 8.75. The van der Waals surface area contributed by atoms with Crippen molar-refractivity contribution in [3.05, 3.63) is 54.1 Å². The van der Waals surface area contributed by atoms with Gasteiger partial charge in [-0.25, -0.2) is 0 Å². The predicted octanol–water partition coefficient (Wildman–Crippen LogP) is 4.47. The van der Waals surface area contributed by atoms with E-state index in [2.05, 4.69) is 6.92 Å². The maximum Gasteiger partial charge on any atom is 0.227 e. The van der Waals surface area contributed by atoms with Crippen molar-refractivity contribution in [2.45, 2.75) is 32.6 Å². The highest BCUT2D eigenvalue weighted by molar-refractivity contribution is 5.93.